The molecular formula is C24H25ClN2O4. The summed E-state index contributed by atoms with van der Waals surface area (Å²) in [7, 11) is 0. The predicted molar refractivity (Wildman–Crippen MR) is 122 cm³/mol. The summed E-state index contributed by atoms with van der Waals surface area (Å²) in [5.74, 6) is -0.262. The first-order valence-corrected chi connectivity index (χ1v) is 10.7. The van der Waals surface area contributed by atoms with E-state index < -0.39 is 0 Å². The fourth-order valence-corrected chi connectivity index (χ4v) is 4.26. The molecule has 2 N–H and O–H groups in total. The predicted octanol–water partition coefficient (Wildman–Crippen LogP) is 4.62. The van der Waals surface area contributed by atoms with Gasteiger partial charge in [-0.25, -0.2) is 4.79 Å². The molecule has 1 saturated heterocycles. The number of aromatic hydroxyl groups is 1. The molecule has 1 aliphatic rings. The molecule has 31 heavy (non-hydrogen) atoms. The largest absolute Gasteiger partial charge is 0.506 e. The zero-order valence-corrected chi connectivity index (χ0v) is 18.3. The Hall–Kier alpha value is -2.83. The van der Waals surface area contributed by atoms with Crippen molar-refractivity contribution in [2.24, 2.45) is 5.92 Å². The Labute approximate surface area is 185 Å². The summed E-state index contributed by atoms with van der Waals surface area (Å²) >= 11 is 5.96. The number of carbonyl (C=O) groups excluding carboxylic acids is 1. The van der Waals surface area contributed by atoms with Gasteiger partial charge in [-0.05, 0) is 74.7 Å². The van der Waals surface area contributed by atoms with Crippen molar-refractivity contribution in [1.29, 1.82) is 0 Å². The second-order valence-corrected chi connectivity index (χ2v) is 8.61. The topological polar surface area (TPSA) is 82.8 Å². The average Bonchev–Trinajstić information content (AvgIpc) is 2.74. The third kappa shape index (κ3) is 4.60. The monoisotopic (exact) mass is 440 g/mol. The molecule has 1 aromatic heterocycles. The minimum atomic E-state index is -0.341. The van der Waals surface area contributed by atoms with Crippen LogP contribution in [0.2, 0.25) is 5.02 Å². The maximum absolute atomic E-state index is 12.6. The number of hydrogen-bond donors (Lipinski definition) is 2. The highest BCUT2D eigenvalue weighted by Gasteiger charge is 2.26. The summed E-state index contributed by atoms with van der Waals surface area (Å²) in [6, 6.07) is 10.2. The molecule has 7 heteroatoms. The fraction of sp³-hybridized carbons (Fsp3) is 0.333. The van der Waals surface area contributed by atoms with Gasteiger partial charge < -0.3 is 14.8 Å². The maximum atomic E-state index is 12.6. The maximum Gasteiger partial charge on any atom is 0.336 e. The van der Waals surface area contributed by atoms with Gasteiger partial charge in [0.2, 0.25) is 5.91 Å². The highest BCUT2D eigenvalue weighted by Crippen LogP contribution is 2.29. The van der Waals surface area contributed by atoms with Crippen LogP contribution in [0.25, 0.3) is 11.0 Å². The normalized spacial score (nSPS) is 15.3. The van der Waals surface area contributed by atoms with E-state index >= 15 is 0 Å². The Bertz CT molecular complexity index is 1200. The number of amides is 1. The van der Waals surface area contributed by atoms with Crippen LogP contribution >= 0.6 is 11.6 Å². The SMILES string of the molecule is Cc1ccc2c(CN3CCC(C(=O)Nc4cc(Cl)ccc4O)CC3)cc(=O)oc2c1C. The van der Waals surface area contributed by atoms with Gasteiger partial charge in [0.25, 0.3) is 0 Å². The summed E-state index contributed by atoms with van der Waals surface area (Å²) in [6.45, 7) is 6.08. The number of likely N-dealkylation sites (tertiary alicyclic amines) is 1. The summed E-state index contributed by atoms with van der Waals surface area (Å²) in [6.07, 6.45) is 1.40. The number of phenols is 1. The Balaban J connectivity index is 1.43. The first-order valence-electron chi connectivity index (χ1n) is 10.4. The number of aryl methyl sites for hydroxylation is 2. The molecule has 0 saturated carbocycles. The van der Waals surface area contributed by atoms with Crippen molar-refractivity contribution >= 4 is 34.2 Å². The molecule has 1 amide bonds. The minimum absolute atomic E-state index is 0.00416. The molecule has 0 spiro atoms. The highest BCUT2D eigenvalue weighted by molar-refractivity contribution is 6.31. The first kappa shape index (κ1) is 21.4. The van der Waals surface area contributed by atoms with Crippen molar-refractivity contribution in [3.8, 4) is 5.75 Å². The number of nitrogens with zero attached hydrogens (tertiary/aromatic N) is 1. The van der Waals surface area contributed by atoms with E-state index in [2.05, 4.69) is 10.2 Å². The Morgan fingerprint density at radius 3 is 2.68 bits per heavy atom. The smallest absolute Gasteiger partial charge is 0.336 e. The number of nitrogens with one attached hydrogen (secondary N) is 1. The molecule has 6 nitrogen and oxygen atoms in total. The van der Waals surface area contributed by atoms with Gasteiger partial charge in [0.15, 0.2) is 0 Å². The van der Waals surface area contributed by atoms with E-state index in [0.717, 1.165) is 35.2 Å². The number of halogens is 1. The number of anilines is 1. The Kier molecular flexibility index (Phi) is 6.03. The number of fused-ring (bicyclic) bond motifs is 1. The number of carbonyl (C=O) groups is 1. The third-order valence-corrected chi connectivity index (χ3v) is 6.32. The summed E-state index contributed by atoms with van der Waals surface area (Å²) < 4.78 is 5.47. The van der Waals surface area contributed by atoms with E-state index in [0.29, 0.717) is 35.7 Å². The van der Waals surface area contributed by atoms with Crippen LogP contribution in [-0.2, 0) is 11.3 Å². The van der Waals surface area contributed by atoms with Crippen LogP contribution in [-0.4, -0.2) is 29.0 Å². The molecule has 0 bridgehead atoms. The number of benzene rings is 2. The lowest BCUT2D eigenvalue weighted by Gasteiger charge is -2.31. The molecule has 0 atom stereocenters. The first-order chi connectivity index (χ1) is 14.8. The van der Waals surface area contributed by atoms with Crippen molar-refractivity contribution in [2.75, 3.05) is 18.4 Å². The molecule has 0 radical (unpaired) electrons. The molecule has 162 valence electrons. The number of piperidine rings is 1. The van der Waals surface area contributed by atoms with Crippen molar-refractivity contribution in [3.05, 3.63) is 68.5 Å². The Morgan fingerprint density at radius 1 is 1.19 bits per heavy atom. The number of hydrogen-bond acceptors (Lipinski definition) is 5. The fourth-order valence-electron chi connectivity index (χ4n) is 4.09. The van der Waals surface area contributed by atoms with E-state index in [1.165, 1.54) is 6.07 Å². The molecule has 0 unspecified atom stereocenters. The van der Waals surface area contributed by atoms with Crippen molar-refractivity contribution in [1.82, 2.24) is 4.90 Å². The lowest BCUT2D eigenvalue weighted by molar-refractivity contribution is -0.121. The number of phenolic OH excluding ortho intramolecular Hbond substituents is 1. The van der Waals surface area contributed by atoms with Crippen LogP contribution < -0.4 is 10.9 Å². The quantitative estimate of drug-likeness (QED) is 0.457. The van der Waals surface area contributed by atoms with E-state index in [1.54, 1.807) is 18.2 Å². The van der Waals surface area contributed by atoms with Gasteiger partial charge in [-0.3, -0.25) is 9.69 Å². The molecule has 0 aliphatic carbocycles. The second kappa shape index (κ2) is 8.73. The van der Waals surface area contributed by atoms with Gasteiger partial charge in [0.1, 0.15) is 11.3 Å². The standard InChI is InChI=1S/C24H25ClN2O4/c1-14-3-5-19-17(11-22(29)31-23(19)15(14)2)13-27-9-7-16(8-10-27)24(30)26-20-12-18(25)4-6-21(20)28/h3-6,11-12,16,28H,7-10,13H2,1-2H3,(H,26,30). The van der Waals surface area contributed by atoms with E-state index in [1.807, 2.05) is 26.0 Å². The lowest BCUT2D eigenvalue weighted by Crippen LogP contribution is -2.38. The third-order valence-electron chi connectivity index (χ3n) is 6.09. The molecule has 1 aliphatic heterocycles. The van der Waals surface area contributed by atoms with E-state index in [4.69, 9.17) is 16.0 Å². The van der Waals surface area contributed by atoms with Gasteiger partial charge in [-0.1, -0.05) is 23.7 Å². The van der Waals surface area contributed by atoms with Crippen LogP contribution in [0.1, 0.15) is 29.5 Å². The summed E-state index contributed by atoms with van der Waals surface area (Å²) in [5, 5.41) is 14.1. The zero-order valence-electron chi connectivity index (χ0n) is 17.6. The van der Waals surface area contributed by atoms with Gasteiger partial charge in [-0.2, -0.15) is 0 Å². The molecule has 3 aromatic rings. The van der Waals surface area contributed by atoms with Crippen molar-refractivity contribution in [2.45, 2.75) is 33.2 Å². The molecule has 1 fully saturated rings. The minimum Gasteiger partial charge on any atom is -0.506 e. The van der Waals surface area contributed by atoms with E-state index in [-0.39, 0.29) is 23.2 Å². The second-order valence-electron chi connectivity index (χ2n) is 8.18. The molecular weight excluding hydrogens is 416 g/mol. The van der Waals surface area contributed by atoms with Crippen molar-refractivity contribution < 1.29 is 14.3 Å². The highest BCUT2D eigenvalue weighted by atomic mass is 35.5. The molecule has 2 heterocycles. The average molecular weight is 441 g/mol. The summed E-state index contributed by atoms with van der Waals surface area (Å²) in [4.78, 5) is 27.0. The van der Waals surface area contributed by atoms with Gasteiger partial charge >= 0.3 is 5.63 Å². The van der Waals surface area contributed by atoms with Crippen LogP contribution in [0, 0.1) is 19.8 Å². The summed E-state index contributed by atoms with van der Waals surface area (Å²) in [5.41, 5.74) is 3.65. The van der Waals surface area contributed by atoms with Crippen LogP contribution in [0.4, 0.5) is 5.69 Å². The lowest BCUT2D eigenvalue weighted by atomic mass is 9.95. The molecule has 2 aromatic carbocycles. The number of rotatable bonds is 4. The Morgan fingerprint density at radius 2 is 1.94 bits per heavy atom. The van der Waals surface area contributed by atoms with Crippen LogP contribution in [0.5, 0.6) is 5.75 Å². The van der Waals surface area contributed by atoms with E-state index in [9.17, 15) is 14.7 Å². The van der Waals surface area contributed by atoms with Crippen molar-refractivity contribution in [3.63, 3.8) is 0 Å². The van der Waals surface area contributed by atoms with Gasteiger partial charge in [0.05, 0.1) is 5.69 Å². The molecule has 4 rings (SSSR count). The van der Waals surface area contributed by atoms with Crippen LogP contribution in [0.15, 0.2) is 45.6 Å². The van der Waals surface area contributed by atoms with Gasteiger partial charge in [-0.15, -0.1) is 0 Å². The zero-order chi connectivity index (χ0) is 22.1. The van der Waals surface area contributed by atoms with Gasteiger partial charge in [0, 0.05) is 28.9 Å². The van der Waals surface area contributed by atoms with Crippen LogP contribution in [0.3, 0.4) is 0 Å².